The van der Waals surface area contributed by atoms with E-state index in [9.17, 15) is 0 Å². The van der Waals surface area contributed by atoms with Crippen molar-refractivity contribution < 1.29 is 0 Å². The van der Waals surface area contributed by atoms with Crippen molar-refractivity contribution in [1.29, 1.82) is 0 Å². The fourth-order valence-electron chi connectivity index (χ4n) is 2.38. The molecule has 0 aromatic heterocycles. The average Bonchev–Trinajstić information content (AvgIpc) is 2.95. The highest BCUT2D eigenvalue weighted by Gasteiger charge is 2.24. The highest BCUT2D eigenvalue weighted by molar-refractivity contribution is 9.12. The SMILES string of the molecule is CCC1=C(C2=CC=CC2)C(C(Br)CBr)=CC1. The fraction of sp³-hybridized carbons (Fsp3) is 0.429. The maximum absolute atomic E-state index is 3.75. The van der Waals surface area contributed by atoms with E-state index >= 15 is 0 Å². The molecule has 0 aromatic rings. The van der Waals surface area contributed by atoms with Crippen LogP contribution in [0.4, 0.5) is 0 Å². The van der Waals surface area contributed by atoms with Gasteiger partial charge in [0.2, 0.25) is 0 Å². The summed E-state index contributed by atoms with van der Waals surface area (Å²) in [7, 11) is 0. The van der Waals surface area contributed by atoms with Crippen LogP contribution in [0.25, 0.3) is 0 Å². The van der Waals surface area contributed by atoms with E-state index in [0.717, 1.165) is 24.6 Å². The molecule has 86 valence electrons. The van der Waals surface area contributed by atoms with Gasteiger partial charge >= 0.3 is 0 Å². The molecule has 0 fully saturated rings. The minimum absolute atomic E-state index is 0.438. The van der Waals surface area contributed by atoms with Crippen molar-refractivity contribution in [2.75, 3.05) is 5.33 Å². The van der Waals surface area contributed by atoms with E-state index in [4.69, 9.17) is 0 Å². The largest absolute Gasteiger partial charge is 0.0912 e. The van der Waals surface area contributed by atoms with Crippen LogP contribution in [0.2, 0.25) is 0 Å². The van der Waals surface area contributed by atoms with Gasteiger partial charge in [-0.1, -0.05) is 68.7 Å². The Morgan fingerprint density at radius 2 is 2.19 bits per heavy atom. The second-order valence-electron chi connectivity index (χ2n) is 4.14. The molecule has 0 saturated carbocycles. The quantitative estimate of drug-likeness (QED) is 0.625. The molecule has 0 radical (unpaired) electrons. The summed E-state index contributed by atoms with van der Waals surface area (Å²) in [6.07, 6.45) is 12.4. The zero-order valence-corrected chi connectivity index (χ0v) is 12.6. The van der Waals surface area contributed by atoms with Crippen molar-refractivity contribution >= 4 is 31.9 Å². The molecule has 0 aromatic carbocycles. The summed E-state index contributed by atoms with van der Waals surface area (Å²) in [5.74, 6) is 0. The third-order valence-corrected chi connectivity index (χ3v) is 5.54. The predicted molar refractivity (Wildman–Crippen MR) is 78.4 cm³/mol. The van der Waals surface area contributed by atoms with Crippen LogP contribution in [0.5, 0.6) is 0 Å². The average molecular weight is 344 g/mol. The Kier molecular flexibility index (Phi) is 4.26. The maximum Gasteiger partial charge on any atom is 0.0495 e. The first-order valence-electron chi connectivity index (χ1n) is 5.76. The smallest absolute Gasteiger partial charge is 0.0495 e. The maximum atomic E-state index is 3.75. The van der Waals surface area contributed by atoms with Crippen LogP contribution >= 0.6 is 31.9 Å². The Balaban J connectivity index is 2.31. The lowest BCUT2D eigenvalue weighted by molar-refractivity contribution is 1.02. The van der Waals surface area contributed by atoms with Crippen LogP contribution in [0, 0.1) is 0 Å². The molecule has 2 rings (SSSR count). The number of hydrogen-bond acceptors (Lipinski definition) is 0. The molecule has 0 nitrogen and oxygen atoms in total. The first kappa shape index (κ1) is 12.4. The summed E-state index contributed by atoms with van der Waals surface area (Å²) in [4.78, 5) is 0.438. The highest BCUT2D eigenvalue weighted by Crippen LogP contribution is 2.40. The minimum atomic E-state index is 0.438. The van der Waals surface area contributed by atoms with Gasteiger partial charge in [-0.2, -0.15) is 0 Å². The van der Waals surface area contributed by atoms with Gasteiger partial charge in [0.15, 0.2) is 0 Å². The van der Waals surface area contributed by atoms with Crippen molar-refractivity contribution in [2.45, 2.75) is 31.0 Å². The van der Waals surface area contributed by atoms with Crippen molar-refractivity contribution in [2.24, 2.45) is 0 Å². The summed E-state index contributed by atoms with van der Waals surface area (Å²) in [6, 6.07) is 0. The van der Waals surface area contributed by atoms with Gasteiger partial charge in [-0.3, -0.25) is 0 Å². The van der Waals surface area contributed by atoms with Gasteiger partial charge in [-0.15, -0.1) is 0 Å². The van der Waals surface area contributed by atoms with Crippen LogP contribution in [-0.4, -0.2) is 10.2 Å². The molecule has 2 aliphatic rings. The summed E-state index contributed by atoms with van der Waals surface area (Å²) >= 11 is 7.31. The summed E-state index contributed by atoms with van der Waals surface area (Å²) in [6.45, 7) is 2.26. The lowest BCUT2D eigenvalue weighted by atomic mass is 9.94. The number of halogens is 2. The van der Waals surface area contributed by atoms with Crippen molar-refractivity contribution in [3.05, 3.63) is 46.6 Å². The zero-order valence-electron chi connectivity index (χ0n) is 9.47. The molecule has 0 saturated heterocycles. The number of hydrogen-bond donors (Lipinski definition) is 0. The van der Waals surface area contributed by atoms with Gasteiger partial charge in [0, 0.05) is 10.2 Å². The molecule has 2 aliphatic carbocycles. The van der Waals surface area contributed by atoms with E-state index in [1.165, 1.54) is 16.7 Å². The second kappa shape index (κ2) is 5.50. The predicted octanol–water partition coefficient (Wildman–Crippen LogP) is 5.07. The third-order valence-electron chi connectivity index (χ3n) is 3.20. The van der Waals surface area contributed by atoms with Crippen LogP contribution < -0.4 is 0 Å². The molecule has 16 heavy (non-hydrogen) atoms. The van der Waals surface area contributed by atoms with Crippen molar-refractivity contribution in [3.63, 3.8) is 0 Å². The molecule has 2 heteroatoms. The molecule has 0 amide bonds. The van der Waals surface area contributed by atoms with Gasteiger partial charge < -0.3 is 0 Å². The van der Waals surface area contributed by atoms with Gasteiger partial charge in [-0.05, 0) is 36.0 Å². The second-order valence-corrected chi connectivity index (χ2v) is 5.89. The molecule has 1 unspecified atom stereocenters. The monoisotopic (exact) mass is 342 g/mol. The first-order chi connectivity index (χ1) is 7.77. The van der Waals surface area contributed by atoms with E-state index in [-0.39, 0.29) is 0 Å². The zero-order chi connectivity index (χ0) is 11.5. The Morgan fingerprint density at radius 1 is 1.38 bits per heavy atom. The number of rotatable bonds is 4. The topological polar surface area (TPSA) is 0 Å². The van der Waals surface area contributed by atoms with E-state index in [1.54, 1.807) is 5.57 Å². The van der Waals surface area contributed by atoms with Crippen molar-refractivity contribution in [1.82, 2.24) is 0 Å². The van der Waals surface area contributed by atoms with Crippen molar-refractivity contribution in [3.8, 4) is 0 Å². The molecule has 0 heterocycles. The lowest BCUT2D eigenvalue weighted by Crippen LogP contribution is -2.06. The van der Waals surface area contributed by atoms with Crippen LogP contribution in [0.15, 0.2) is 46.6 Å². The first-order valence-corrected chi connectivity index (χ1v) is 7.80. The summed E-state index contributed by atoms with van der Waals surface area (Å²) < 4.78 is 0. The molecule has 0 bridgehead atoms. The molecular formula is C14H16Br2. The number of allylic oxidation sites excluding steroid dienone is 8. The third kappa shape index (κ3) is 2.28. The Morgan fingerprint density at radius 3 is 2.75 bits per heavy atom. The molecular weight excluding hydrogens is 328 g/mol. The molecule has 1 atom stereocenters. The fourth-order valence-corrected chi connectivity index (χ4v) is 3.14. The van der Waals surface area contributed by atoms with E-state index in [2.05, 4.69) is 63.1 Å². The van der Waals surface area contributed by atoms with Crippen LogP contribution in [0.3, 0.4) is 0 Å². The summed E-state index contributed by atoms with van der Waals surface area (Å²) in [5, 5.41) is 0.972. The number of alkyl halides is 2. The Hall–Kier alpha value is -0.0800. The lowest BCUT2D eigenvalue weighted by Gasteiger charge is -2.16. The highest BCUT2D eigenvalue weighted by atomic mass is 79.9. The van der Waals surface area contributed by atoms with E-state index in [0.29, 0.717) is 4.83 Å². The van der Waals surface area contributed by atoms with Gasteiger partial charge in [-0.25, -0.2) is 0 Å². The van der Waals surface area contributed by atoms with Crippen LogP contribution in [-0.2, 0) is 0 Å². The van der Waals surface area contributed by atoms with E-state index in [1.807, 2.05) is 0 Å². The Labute approximate surface area is 114 Å². The van der Waals surface area contributed by atoms with Crippen LogP contribution in [0.1, 0.15) is 26.2 Å². The molecule has 0 N–H and O–H groups in total. The van der Waals surface area contributed by atoms with Gasteiger partial charge in [0.1, 0.15) is 0 Å². The van der Waals surface area contributed by atoms with E-state index < -0.39 is 0 Å². The van der Waals surface area contributed by atoms with Gasteiger partial charge in [0.05, 0.1) is 0 Å². The molecule has 0 aliphatic heterocycles. The summed E-state index contributed by atoms with van der Waals surface area (Å²) in [5.41, 5.74) is 6.08. The Bertz CT molecular complexity index is 397. The minimum Gasteiger partial charge on any atom is -0.0912 e. The standard InChI is InChI=1S/C14H16Br2/c1-2-10-7-8-12(13(16)9-15)14(10)11-5-3-4-6-11/h3-5,8,13H,2,6-7,9H2,1H3. The van der Waals surface area contributed by atoms with Gasteiger partial charge in [0.25, 0.3) is 0 Å². The molecule has 0 spiro atoms. The normalized spacial score (nSPS) is 21.4.